The third-order valence-electron chi connectivity index (χ3n) is 1.44. The largest absolute Gasteiger partial charge is 0.496 e. The van der Waals surface area contributed by atoms with E-state index in [2.05, 4.69) is 6.92 Å². The van der Waals surface area contributed by atoms with Gasteiger partial charge in [-0.05, 0) is 25.5 Å². The molecule has 1 nitrogen and oxygen atoms in total. The van der Waals surface area contributed by atoms with Crippen LogP contribution in [-0.4, -0.2) is 7.11 Å². The molecule has 0 aromatic heterocycles. The average Bonchev–Trinajstić information content (AvgIpc) is 1.88. The standard InChI is InChI=1S/C9H11O/c1-7-4-5-9(10-3)8(2)6-7/h4-6H,2H2,1,3H3. The van der Waals surface area contributed by atoms with Crippen LogP contribution in [-0.2, 0) is 0 Å². The van der Waals surface area contributed by atoms with Gasteiger partial charge in [-0.1, -0.05) is 17.7 Å². The highest BCUT2D eigenvalue weighted by Crippen LogP contribution is 2.17. The minimum atomic E-state index is 0.852. The van der Waals surface area contributed by atoms with Gasteiger partial charge in [0.15, 0.2) is 0 Å². The molecule has 1 rings (SSSR count). The molecule has 0 saturated heterocycles. The summed E-state index contributed by atoms with van der Waals surface area (Å²) in [5.74, 6) is 0.852. The van der Waals surface area contributed by atoms with Gasteiger partial charge in [0.1, 0.15) is 5.75 Å². The van der Waals surface area contributed by atoms with Crippen LogP contribution >= 0.6 is 0 Å². The molecule has 53 valence electrons. The molecule has 0 N–H and O–H groups in total. The molecule has 0 fully saturated rings. The molecule has 0 amide bonds. The third kappa shape index (κ3) is 1.29. The van der Waals surface area contributed by atoms with Gasteiger partial charge in [0.05, 0.1) is 7.11 Å². The van der Waals surface area contributed by atoms with E-state index in [0.29, 0.717) is 0 Å². The maximum absolute atomic E-state index is 5.04. The van der Waals surface area contributed by atoms with Crippen LogP contribution in [0.15, 0.2) is 18.2 Å². The van der Waals surface area contributed by atoms with Crippen molar-refractivity contribution in [2.24, 2.45) is 0 Å². The summed E-state index contributed by atoms with van der Waals surface area (Å²) in [4.78, 5) is 0. The van der Waals surface area contributed by atoms with Crippen molar-refractivity contribution in [3.63, 3.8) is 0 Å². The number of hydrogen-bond acceptors (Lipinski definition) is 1. The summed E-state index contributed by atoms with van der Waals surface area (Å²) >= 11 is 0. The Kier molecular flexibility index (Phi) is 1.95. The Morgan fingerprint density at radius 3 is 2.60 bits per heavy atom. The molecular weight excluding hydrogens is 124 g/mol. The minimum Gasteiger partial charge on any atom is -0.496 e. The van der Waals surface area contributed by atoms with E-state index in [1.165, 1.54) is 5.56 Å². The lowest BCUT2D eigenvalue weighted by Gasteiger charge is -2.03. The number of benzene rings is 1. The van der Waals surface area contributed by atoms with Crippen molar-refractivity contribution in [3.8, 4) is 5.75 Å². The number of hydrogen-bond donors (Lipinski definition) is 0. The molecule has 0 spiro atoms. The van der Waals surface area contributed by atoms with Crippen LogP contribution in [0.5, 0.6) is 5.75 Å². The number of methoxy groups -OCH3 is 1. The maximum atomic E-state index is 5.04. The van der Waals surface area contributed by atoms with E-state index in [9.17, 15) is 0 Å². The SMILES string of the molecule is [CH2]c1cc(C)ccc1OC. The molecule has 1 aromatic rings. The summed E-state index contributed by atoms with van der Waals surface area (Å²) in [5.41, 5.74) is 2.16. The van der Waals surface area contributed by atoms with Crippen LogP contribution in [0.25, 0.3) is 0 Å². The molecule has 0 heterocycles. The van der Waals surface area contributed by atoms with E-state index in [0.717, 1.165) is 11.3 Å². The fourth-order valence-electron chi connectivity index (χ4n) is 0.907. The van der Waals surface area contributed by atoms with Crippen LogP contribution in [0.2, 0.25) is 0 Å². The fraction of sp³-hybridized carbons (Fsp3) is 0.222. The molecule has 0 atom stereocenters. The first-order valence-electron chi connectivity index (χ1n) is 3.20. The quantitative estimate of drug-likeness (QED) is 0.573. The third-order valence-corrected chi connectivity index (χ3v) is 1.44. The van der Waals surface area contributed by atoms with Crippen LogP contribution in [0.3, 0.4) is 0 Å². The Hall–Kier alpha value is -0.980. The second kappa shape index (κ2) is 2.74. The van der Waals surface area contributed by atoms with Crippen LogP contribution in [0.4, 0.5) is 0 Å². The molecule has 0 bridgehead atoms. The smallest absolute Gasteiger partial charge is 0.122 e. The Balaban J connectivity index is 3.07. The van der Waals surface area contributed by atoms with Crippen molar-refractivity contribution in [1.29, 1.82) is 0 Å². The predicted octanol–water partition coefficient (Wildman–Crippen LogP) is 2.19. The van der Waals surface area contributed by atoms with Crippen molar-refractivity contribution < 1.29 is 4.74 Å². The topological polar surface area (TPSA) is 9.23 Å². The van der Waals surface area contributed by atoms with Crippen LogP contribution in [0, 0.1) is 13.8 Å². The summed E-state index contributed by atoms with van der Waals surface area (Å²) < 4.78 is 5.04. The second-order valence-electron chi connectivity index (χ2n) is 2.32. The minimum absolute atomic E-state index is 0.852. The molecule has 1 aromatic carbocycles. The van der Waals surface area contributed by atoms with E-state index in [4.69, 9.17) is 4.74 Å². The van der Waals surface area contributed by atoms with Gasteiger partial charge in [-0.3, -0.25) is 0 Å². The van der Waals surface area contributed by atoms with Crippen molar-refractivity contribution in [1.82, 2.24) is 0 Å². The van der Waals surface area contributed by atoms with Gasteiger partial charge >= 0.3 is 0 Å². The predicted molar refractivity (Wildman–Crippen MR) is 42.2 cm³/mol. The van der Waals surface area contributed by atoms with E-state index in [-0.39, 0.29) is 0 Å². The Labute approximate surface area is 61.6 Å². The van der Waals surface area contributed by atoms with E-state index < -0.39 is 0 Å². The van der Waals surface area contributed by atoms with Crippen molar-refractivity contribution in [2.45, 2.75) is 6.92 Å². The lowest BCUT2D eigenvalue weighted by atomic mass is 10.1. The van der Waals surface area contributed by atoms with Crippen LogP contribution in [0.1, 0.15) is 11.1 Å². The van der Waals surface area contributed by atoms with E-state index in [1.807, 2.05) is 25.1 Å². The summed E-state index contributed by atoms with van der Waals surface area (Å²) in [6.45, 7) is 5.86. The highest BCUT2D eigenvalue weighted by Gasteiger charge is 1.94. The Morgan fingerprint density at radius 1 is 1.40 bits per heavy atom. The fourth-order valence-corrected chi connectivity index (χ4v) is 0.907. The summed E-state index contributed by atoms with van der Waals surface area (Å²) in [6.07, 6.45) is 0. The molecule has 0 unspecified atom stereocenters. The molecule has 0 aliphatic carbocycles. The Bertz CT molecular complexity index is 228. The Morgan fingerprint density at radius 2 is 2.10 bits per heavy atom. The number of ether oxygens (including phenoxy) is 1. The van der Waals surface area contributed by atoms with Gasteiger partial charge in [-0.25, -0.2) is 0 Å². The zero-order chi connectivity index (χ0) is 7.56. The van der Waals surface area contributed by atoms with Gasteiger partial charge in [-0.2, -0.15) is 0 Å². The lowest BCUT2D eigenvalue weighted by molar-refractivity contribution is 0.413. The van der Waals surface area contributed by atoms with Crippen molar-refractivity contribution in [3.05, 3.63) is 36.2 Å². The number of aryl methyl sites for hydroxylation is 1. The van der Waals surface area contributed by atoms with Gasteiger partial charge in [0.25, 0.3) is 0 Å². The molecule has 0 aliphatic heterocycles. The van der Waals surface area contributed by atoms with Gasteiger partial charge < -0.3 is 4.74 Å². The molecule has 0 aliphatic rings. The summed E-state index contributed by atoms with van der Waals surface area (Å²) in [6, 6.07) is 5.93. The maximum Gasteiger partial charge on any atom is 0.122 e. The van der Waals surface area contributed by atoms with E-state index >= 15 is 0 Å². The molecular formula is C9H11O. The van der Waals surface area contributed by atoms with Crippen LogP contribution < -0.4 is 4.74 Å². The lowest BCUT2D eigenvalue weighted by Crippen LogP contribution is -1.86. The zero-order valence-electron chi connectivity index (χ0n) is 6.35. The van der Waals surface area contributed by atoms with Crippen molar-refractivity contribution >= 4 is 0 Å². The van der Waals surface area contributed by atoms with E-state index in [1.54, 1.807) is 7.11 Å². The molecule has 1 heteroatoms. The monoisotopic (exact) mass is 135 g/mol. The van der Waals surface area contributed by atoms with Crippen molar-refractivity contribution in [2.75, 3.05) is 7.11 Å². The molecule has 1 radical (unpaired) electrons. The molecule has 0 saturated carbocycles. The normalized spacial score (nSPS) is 9.50. The first-order valence-corrected chi connectivity index (χ1v) is 3.20. The average molecular weight is 135 g/mol. The zero-order valence-corrected chi connectivity index (χ0v) is 6.35. The van der Waals surface area contributed by atoms with Gasteiger partial charge in [-0.15, -0.1) is 0 Å². The first-order chi connectivity index (χ1) is 4.74. The number of rotatable bonds is 1. The highest BCUT2D eigenvalue weighted by atomic mass is 16.5. The first kappa shape index (κ1) is 7.13. The molecule has 10 heavy (non-hydrogen) atoms. The van der Waals surface area contributed by atoms with Gasteiger partial charge in [0.2, 0.25) is 0 Å². The summed E-state index contributed by atoms with van der Waals surface area (Å²) in [7, 11) is 1.65. The highest BCUT2D eigenvalue weighted by molar-refractivity contribution is 5.38. The second-order valence-corrected chi connectivity index (χ2v) is 2.32. The van der Waals surface area contributed by atoms with Gasteiger partial charge in [0, 0.05) is 0 Å². The summed E-state index contributed by atoms with van der Waals surface area (Å²) in [5, 5.41) is 0.